The van der Waals surface area contributed by atoms with Crippen LogP contribution in [0.4, 0.5) is 0 Å². The predicted octanol–water partition coefficient (Wildman–Crippen LogP) is 2.73. The second-order valence-electron chi connectivity index (χ2n) is 4.18. The molecule has 1 aromatic rings. The fourth-order valence-electron chi connectivity index (χ4n) is 2.16. The van der Waals surface area contributed by atoms with Gasteiger partial charge in [-0.3, -0.25) is 4.98 Å². The van der Waals surface area contributed by atoms with E-state index in [0.29, 0.717) is 6.04 Å². The molecule has 0 radical (unpaired) electrons. The molecule has 88 valence electrons. The van der Waals surface area contributed by atoms with Crippen molar-refractivity contribution < 1.29 is 0 Å². The average Bonchev–Trinajstić information content (AvgIpc) is 2.66. The Balaban J connectivity index is 1.98. The summed E-state index contributed by atoms with van der Waals surface area (Å²) in [7, 11) is 0. The van der Waals surface area contributed by atoms with Gasteiger partial charge in [-0.25, -0.2) is 0 Å². The minimum atomic E-state index is 0.675. The SMILES string of the molecule is CCNC1CSCC1Cc1cncc(Br)c1. The average molecular weight is 301 g/mol. The minimum absolute atomic E-state index is 0.675. The van der Waals surface area contributed by atoms with Gasteiger partial charge in [0.1, 0.15) is 0 Å². The molecule has 1 aromatic heterocycles. The Morgan fingerprint density at radius 1 is 1.50 bits per heavy atom. The summed E-state index contributed by atoms with van der Waals surface area (Å²) in [5.74, 6) is 3.27. The van der Waals surface area contributed by atoms with Gasteiger partial charge in [0, 0.05) is 28.7 Å². The number of thioether (sulfide) groups is 1. The molecule has 1 N–H and O–H groups in total. The second-order valence-corrected chi connectivity index (χ2v) is 6.17. The van der Waals surface area contributed by atoms with Crippen molar-refractivity contribution in [3.05, 3.63) is 28.5 Å². The van der Waals surface area contributed by atoms with Gasteiger partial charge in [0.15, 0.2) is 0 Å². The first-order chi connectivity index (χ1) is 7.79. The first-order valence-electron chi connectivity index (χ1n) is 5.70. The molecule has 2 nitrogen and oxygen atoms in total. The number of nitrogens with one attached hydrogen (secondary N) is 1. The molecule has 1 aliphatic heterocycles. The Morgan fingerprint density at radius 2 is 2.38 bits per heavy atom. The first kappa shape index (κ1) is 12.4. The van der Waals surface area contributed by atoms with Gasteiger partial charge in [-0.15, -0.1) is 0 Å². The molecule has 1 aliphatic rings. The van der Waals surface area contributed by atoms with Crippen molar-refractivity contribution in [2.24, 2.45) is 5.92 Å². The third kappa shape index (κ3) is 3.22. The van der Waals surface area contributed by atoms with Gasteiger partial charge in [-0.05, 0) is 52.2 Å². The summed E-state index contributed by atoms with van der Waals surface area (Å²) in [6.07, 6.45) is 4.96. The Kier molecular flexibility index (Phi) is 4.67. The highest BCUT2D eigenvalue weighted by Crippen LogP contribution is 2.27. The van der Waals surface area contributed by atoms with Crippen LogP contribution in [0.5, 0.6) is 0 Å². The summed E-state index contributed by atoms with van der Waals surface area (Å²) in [5, 5.41) is 3.58. The van der Waals surface area contributed by atoms with E-state index in [1.54, 1.807) is 0 Å². The number of rotatable bonds is 4. The molecule has 0 amide bonds. The molecule has 0 bridgehead atoms. The smallest absolute Gasteiger partial charge is 0.0410 e. The zero-order valence-corrected chi connectivity index (χ0v) is 11.9. The van der Waals surface area contributed by atoms with E-state index in [4.69, 9.17) is 0 Å². The van der Waals surface area contributed by atoms with Gasteiger partial charge in [0.2, 0.25) is 0 Å². The normalized spacial score (nSPS) is 24.9. The Labute approximate surface area is 110 Å². The van der Waals surface area contributed by atoms with Gasteiger partial charge in [0.25, 0.3) is 0 Å². The highest BCUT2D eigenvalue weighted by Gasteiger charge is 2.26. The number of halogens is 1. The fourth-order valence-corrected chi connectivity index (χ4v) is 4.00. The summed E-state index contributed by atoms with van der Waals surface area (Å²) in [6, 6.07) is 2.85. The lowest BCUT2D eigenvalue weighted by atomic mass is 9.96. The summed E-state index contributed by atoms with van der Waals surface area (Å²) in [5.41, 5.74) is 1.34. The quantitative estimate of drug-likeness (QED) is 0.925. The van der Waals surface area contributed by atoms with Crippen LogP contribution in [0.25, 0.3) is 0 Å². The van der Waals surface area contributed by atoms with Gasteiger partial charge >= 0.3 is 0 Å². The Hall–Kier alpha value is -0.0600. The van der Waals surface area contributed by atoms with Crippen LogP contribution >= 0.6 is 27.7 Å². The first-order valence-corrected chi connectivity index (χ1v) is 7.65. The lowest BCUT2D eigenvalue weighted by molar-refractivity contribution is 0.433. The highest BCUT2D eigenvalue weighted by molar-refractivity contribution is 9.10. The van der Waals surface area contributed by atoms with Gasteiger partial charge < -0.3 is 5.32 Å². The summed E-state index contributed by atoms with van der Waals surface area (Å²) in [4.78, 5) is 4.22. The van der Waals surface area contributed by atoms with E-state index in [2.05, 4.69) is 51.0 Å². The van der Waals surface area contributed by atoms with Gasteiger partial charge in [-0.2, -0.15) is 11.8 Å². The maximum atomic E-state index is 4.22. The molecule has 0 saturated carbocycles. The summed E-state index contributed by atoms with van der Waals surface area (Å²) < 4.78 is 1.08. The number of hydrogen-bond donors (Lipinski definition) is 1. The van der Waals surface area contributed by atoms with Crippen molar-refractivity contribution in [3.8, 4) is 0 Å². The molecule has 2 heterocycles. The molecule has 0 aliphatic carbocycles. The number of nitrogens with zero attached hydrogens (tertiary/aromatic N) is 1. The van der Waals surface area contributed by atoms with Crippen LogP contribution in [0, 0.1) is 5.92 Å². The Morgan fingerprint density at radius 3 is 3.12 bits per heavy atom. The fraction of sp³-hybridized carbons (Fsp3) is 0.583. The van der Waals surface area contributed by atoms with E-state index >= 15 is 0 Å². The van der Waals surface area contributed by atoms with Crippen molar-refractivity contribution in [1.82, 2.24) is 10.3 Å². The van der Waals surface area contributed by atoms with Crippen molar-refractivity contribution in [2.45, 2.75) is 19.4 Å². The monoisotopic (exact) mass is 300 g/mol. The maximum absolute atomic E-state index is 4.22. The molecule has 0 spiro atoms. The highest BCUT2D eigenvalue weighted by atomic mass is 79.9. The molecule has 1 saturated heterocycles. The lowest BCUT2D eigenvalue weighted by Gasteiger charge is -2.19. The van der Waals surface area contributed by atoms with Crippen molar-refractivity contribution in [1.29, 1.82) is 0 Å². The molecule has 2 rings (SSSR count). The van der Waals surface area contributed by atoms with E-state index < -0.39 is 0 Å². The molecular weight excluding hydrogens is 284 g/mol. The van der Waals surface area contributed by atoms with Crippen LogP contribution in [0.2, 0.25) is 0 Å². The van der Waals surface area contributed by atoms with E-state index in [-0.39, 0.29) is 0 Å². The standard InChI is InChI=1S/C12H17BrN2S/c1-2-15-12-8-16-7-10(12)3-9-4-11(13)6-14-5-9/h4-6,10,12,15H,2-3,7-8H2,1H3. The molecule has 1 fully saturated rings. The van der Waals surface area contributed by atoms with Crippen LogP contribution in [-0.2, 0) is 6.42 Å². The van der Waals surface area contributed by atoms with Crippen LogP contribution in [0.1, 0.15) is 12.5 Å². The van der Waals surface area contributed by atoms with Crippen molar-refractivity contribution in [2.75, 3.05) is 18.1 Å². The number of hydrogen-bond acceptors (Lipinski definition) is 3. The summed E-state index contributed by atoms with van der Waals surface area (Å²) >= 11 is 5.53. The van der Waals surface area contributed by atoms with Crippen LogP contribution in [-0.4, -0.2) is 29.1 Å². The largest absolute Gasteiger partial charge is 0.313 e. The lowest BCUT2D eigenvalue weighted by Crippen LogP contribution is -2.36. The zero-order valence-electron chi connectivity index (χ0n) is 9.45. The molecule has 4 heteroatoms. The van der Waals surface area contributed by atoms with Gasteiger partial charge in [0.05, 0.1) is 0 Å². The molecule has 2 unspecified atom stereocenters. The topological polar surface area (TPSA) is 24.9 Å². The third-order valence-corrected chi connectivity index (χ3v) is 4.62. The number of aromatic nitrogens is 1. The van der Waals surface area contributed by atoms with E-state index in [0.717, 1.165) is 23.4 Å². The van der Waals surface area contributed by atoms with Crippen LogP contribution in [0.3, 0.4) is 0 Å². The third-order valence-electron chi connectivity index (χ3n) is 2.92. The van der Waals surface area contributed by atoms with Crippen molar-refractivity contribution >= 4 is 27.7 Å². The predicted molar refractivity (Wildman–Crippen MR) is 73.9 cm³/mol. The van der Waals surface area contributed by atoms with E-state index in [9.17, 15) is 0 Å². The molecule has 0 aromatic carbocycles. The van der Waals surface area contributed by atoms with Crippen LogP contribution in [0.15, 0.2) is 22.9 Å². The van der Waals surface area contributed by atoms with E-state index in [1.165, 1.54) is 17.1 Å². The molecule has 16 heavy (non-hydrogen) atoms. The Bertz CT molecular complexity index is 346. The van der Waals surface area contributed by atoms with Gasteiger partial charge in [-0.1, -0.05) is 6.92 Å². The summed E-state index contributed by atoms with van der Waals surface area (Å²) in [6.45, 7) is 3.25. The second kappa shape index (κ2) is 6.03. The number of pyridine rings is 1. The van der Waals surface area contributed by atoms with Crippen LogP contribution < -0.4 is 5.32 Å². The maximum Gasteiger partial charge on any atom is 0.0410 e. The zero-order chi connectivity index (χ0) is 11.4. The van der Waals surface area contributed by atoms with E-state index in [1.807, 2.05) is 12.4 Å². The minimum Gasteiger partial charge on any atom is -0.313 e. The molecular formula is C12H17BrN2S. The molecule has 2 atom stereocenters. The van der Waals surface area contributed by atoms with Crippen molar-refractivity contribution in [3.63, 3.8) is 0 Å².